The van der Waals surface area contributed by atoms with Crippen molar-refractivity contribution in [2.45, 2.75) is 47.1 Å². The number of anilines is 1. The van der Waals surface area contributed by atoms with Crippen LogP contribution < -0.4 is 10.6 Å². The Kier molecular flexibility index (Phi) is 6.29. The highest BCUT2D eigenvalue weighted by Gasteiger charge is 2.12. The zero-order valence-corrected chi connectivity index (χ0v) is 13.1. The molecule has 0 radical (unpaired) electrons. The van der Waals surface area contributed by atoms with E-state index in [1.807, 2.05) is 6.20 Å². The van der Waals surface area contributed by atoms with Crippen LogP contribution in [0.5, 0.6) is 0 Å². The molecule has 0 aliphatic carbocycles. The van der Waals surface area contributed by atoms with Gasteiger partial charge in [-0.15, -0.1) is 0 Å². The Morgan fingerprint density at radius 3 is 2.05 bits per heavy atom. The minimum Gasteiger partial charge on any atom is -0.370 e. The Morgan fingerprint density at radius 2 is 1.68 bits per heavy atom. The molecule has 1 aromatic rings. The maximum absolute atomic E-state index is 6.01. The van der Waals surface area contributed by atoms with Crippen molar-refractivity contribution in [2.24, 2.45) is 17.6 Å². The van der Waals surface area contributed by atoms with Crippen LogP contribution in [0.4, 0.5) is 5.69 Å². The van der Waals surface area contributed by atoms with Gasteiger partial charge in [0.2, 0.25) is 0 Å². The maximum atomic E-state index is 6.01. The van der Waals surface area contributed by atoms with Crippen LogP contribution >= 0.6 is 0 Å². The third-order valence-electron chi connectivity index (χ3n) is 3.13. The summed E-state index contributed by atoms with van der Waals surface area (Å²) in [5.41, 5.74) is 8.20. The Bertz CT molecular complexity index is 347. The molecule has 0 spiro atoms. The van der Waals surface area contributed by atoms with Crippen molar-refractivity contribution >= 4 is 5.69 Å². The molecule has 1 unspecified atom stereocenters. The minimum atomic E-state index is 0.0534. The van der Waals surface area contributed by atoms with Crippen molar-refractivity contribution in [3.63, 3.8) is 0 Å². The summed E-state index contributed by atoms with van der Waals surface area (Å²) in [6.07, 6.45) is 2.89. The molecule has 2 N–H and O–H groups in total. The predicted molar refractivity (Wildman–Crippen MR) is 83.3 cm³/mol. The average Bonchev–Trinajstić information content (AvgIpc) is 2.36. The van der Waals surface area contributed by atoms with Gasteiger partial charge in [-0.2, -0.15) is 0 Å². The monoisotopic (exact) mass is 263 g/mol. The lowest BCUT2D eigenvalue weighted by Crippen LogP contribution is -2.31. The summed E-state index contributed by atoms with van der Waals surface area (Å²) in [5.74, 6) is 1.30. The van der Waals surface area contributed by atoms with E-state index in [-0.39, 0.29) is 6.04 Å². The Morgan fingerprint density at radius 1 is 1.11 bits per heavy atom. The first-order valence-corrected chi connectivity index (χ1v) is 7.40. The van der Waals surface area contributed by atoms with E-state index in [1.54, 1.807) is 0 Å². The summed E-state index contributed by atoms with van der Waals surface area (Å²) < 4.78 is 0. The fourth-order valence-corrected chi connectivity index (χ4v) is 2.18. The second-order valence-corrected chi connectivity index (χ2v) is 6.15. The van der Waals surface area contributed by atoms with Gasteiger partial charge in [-0.05, 0) is 30.4 Å². The van der Waals surface area contributed by atoms with E-state index in [4.69, 9.17) is 5.73 Å². The van der Waals surface area contributed by atoms with Crippen molar-refractivity contribution in [1.29, 1.82) is 0 Å². The van der Waals surface area contributed by atoms with Crippen LogP contribution in [0.3, 0.4) is 0 Å². The van der Waals surface area contributed by atoms with Gasteiger partial charge in [-0.3, -0.25) is 4.98 Å². The number of nitrogens with zero attached hydrogens (tertiary/aromatic N) is 2. The number of nitrogens with two attached hydrogens (primary N) is 1. The van der Waals surface area contributed by atoms with Gasteiger partial charge in [0.15, 0.2) is 0 Å². The molecule has 108 valence electrons. The molecule has 1 heterocycles. The smallest absolute Gasteiger partial charge is 0.0572 e. The summed E-state index contributed by atoms with van der Waals surface area (Å²) >= 11 is 0. The van der Waals surface area contributed by atoms with E-state index in [1.165, 1.54) is 5.69 Å². The molecule has 0 aliphatic rings. The van der Waals surface area contributed by atoms with Crippen LogP contribution in [0, 0.1) is 11.8 Å². The number of pyridine rings is 1. The topological polar surface area (TPSA) is 42.1 Å². The quantitative estimate of drug-likeness (QED) is 0.817. The van der Waals surface area contributed by atoms with Crippen molar-refractivity contribution in [3.8, 4) is 0 Å². The zero-order chi connectivity index (χ0) is 14.4. The molecule has 0 amide bonds. The summed E-state index contributed by atoms with van der Waals surface area (Å²) in [6, 6.07) is 4.28. The Labute approximate surface area is 118 Å². The van der Waals surface area contributed by atoms with Crippen molar-refractivity contribution < 1.29 is 0 Å². The summed E-state index contributed by atoms with van der Waals surface area (Å²) in [6.45, 7) is 13.2. The van der Waals surface area contributed by atoms with Crippen LogP contribution in [0.1, 0.15) is 52.8 Å². The van der Waals surface area contributed by atoms with Gasteiger partial charge >= 0.3 is 0 Å². The molecular formula is C16H29N3. The fraction of sp³-hybridized carbons (Fsp3) is 0.688. The van der Waals surface area contributed by atoms with E-state index in [2.05, 4.69) is 56.6 Å². The molecule has 19 heavy (non-hydrogen) atoms. The second kappa shape index (κ2) is 7.49. The Balaban J connectivity index is 2.84. The number of hydrogen-bond donors (Lipinski definition) is 1. The van der Waals surface area contributed by atoms with Crippen LogP contribution in [0.15, 0.2) is 18.3 Å². The predicted octanol–water partition coefficient (Wildman–Crippen LogP) is 3.61. The number of aromatic nitrogens is 1. The van der Waals surface area contributed by atoms with Crippen LogP contribution in [-0.4, -0.2) is 18.1 Å². The van der Waals surface area contributed by atoms with Crippen molar-refractivity contribution in [1.82, 2.24) is 4.98 Å². The lowest BCUT2D eigenvalue weighted by atomic mass is 10.1. The molecule has 1 aromatic heterocycles. The average molecular weight is 263 g/mol. The van der Waals surface area contributed by atoms with Gasteiger partial charge in [0.25, 0.3) is 0 Å². The third kappa shape index (κ3) is 5.19. The fourth-order valence-electron chi connectivity index (χ4n) is 2.18. The van der Waals surface area contributed by atoms with Crippen molar-refractivity contribution in [3.05, 3.63) is 24.0 Å². The zero-order valence-electron chi connectivity index (χ0n) is 13.1. The van der Waals surface area contributed by atoms with Crippen molar-refractivity contribution in [2.75, 3.05) is 18.0 Å². The molecular weight excluding hydrogens is 234 g/mol. The first-order valence-electron chi connectivity index (χ1n) is 7.40. The third-order valence-corrected chi connectivity index (χ3v) is 3.13. The molecule has 0 aliphatic heterocycles. The van der Waals surface area contributed by atoms with Crippen LogP contribution in [0.25, 0.3) is 0 Å². The van der Waals surface area contributed by atoms with E-state index in [0.29, 0.717) is 11.8 Å². The van der Waals surface area contributed by atoms with Gasteiger partial charge in [0, 0.05) is 19.1 Å². The standard InChI is InChI=1S/C16H29N3/c1-6-15(17)16-8-7-14(9-18-16)19(10-12(2)3)11-13(4)5/h7-9,12-13,15H,6,10-11,17H2,1-5H3. The number of rotatable bonds is 7. The highest BCUT2D eigenvalue weighted by molar-refractivity contribution is 5.45. The first-order chi connectivity index (χ1) is 8.93. The summed E-state index contributed by atoms with van der Waals surface area (Å²) in [5, 5.41) is 0. The largest absolute Gasteiger partial charge is 0.370 e. The lowest BCUT2D eigenvalue weighted by Gasteiger charge is -2.28. The van der Waals surface area contributed by atoms with E-state index < -0.39 is 0 Å². The summed E-state index contributed by atoms with van der Waals surface area (Å²) in [4.78, 5) is 6.94. The molecule has 0 saturated heterocycles. The van der Waals surface area contributed by atoms with Gasteiger partial charge in [-0.25, -0.2) is 0 Å². The maximum Gasteiger partial charge on any atom is 0.0572 e. The van der Waals surface area contributed by atoms with E-state index in [0.717, 1.165) is 25.2 Å². The van der Waals surface area contributed by atoms with E-state index >= 15 is 0 Å². The SMILES string of the molecule is CCC(N)c1ccc(N(CC(C)C)CC(C)C)cn1. The van der Waals surface area contributed by atoms with Gasteiger partial charge in [0.1, 0.15) is 0 Å². The number of hydrogen-bond acceptors (Lipinski definition) is 3. The minimum absolute atomic E-state index is 0.0534. The van der Waals surface area contributed by atoms with E-state index in [9.17, 15) is 0 Å². The van der Waals surface area contributed by atoms with Crippen LogP contribution in [0.2, 0.25) is 0 Å². The molecule has 0 saturated carbocycles. The van der Waals surface area contributed by atoms with Gasteiger partial charge in [-0.1, -0.05) is 34.6 Å². The van der Waals surface area contributed by atoms with Gasteiger partial charge in [0.05, 0.1) is 17.6 Å². The highest BCUT2D eigenvalue weighted by atomic mass is 15.1. The first kappa shape index (κ1) is 16.0. The molecule has 0 aromatic carbocycles. The molecule has 3 heteroatoms. The molecule has 0 fully saturated rings. The molecule has 3 nitrogen and oxygen atoms in total. The normalized spacial score (nSPS) is 13.1. The van der Waals surface area contributed by atoms with Crippen LogP contribution in [-0.2, 0) is 0 Å². The second-order valence-electron chi connectivity index (χ2n) is 6.15. The molecule has 0 bridgehead atoms. The molecule has 1 atom stereocenters. The lowest BCUT2D eigenvalue weighted by molar-refractivity contribution is 0.552. The summed E-state index contributed by atoms with van der Waals surface area (Å²) in [7, 11) is 0. The highest BCUT2D eigenvalue weighted by Crippen LogP contribution is 2.19. The van der Waals surface area contributed by atoms with Gasteiger partial charge < -0.3 is 10.6 Å². The Hall–Kier alpha value is -1.09. The molecule has 1 rings (SSSR count).